The van der Waals surface area contributed by atoms with Gasteiger partial charge >= 0.3 is 0 Å². The highest BCUT2D eigenvalue weighted by atomic mass is 32.2. The van der Waals surface area contributed by atoms with Crippen molar-refractivity contribution in [3.8, 4) is 21.1 Å². The molecule has 0 N–H and O–H groups in total. The van der Waals surface area contributed by atoms with Crippen molar-refractivity contribution in [3.63, 3.8) is 0 Å². The molecule has 1 aliphatic heterocycles. The molecule has 8 heteroatoms. The maximum Gasteiger partial charge on any atom is 0.293 e. The lowest BCUT2D eigenvalue weighted by molar-refractivity contribution is -0.123. The summed E-state index contributed by atoms with van der Waals surface area (Å²) in [5, 5.41) is 5.24. The number of nitrogens with zero attached hydrogens (tertiary/aromatic N) is 3. The highest BCUT2D eigenvalue weighted by Gasteiger charge is 2.35. The molecule has 0 unspecified atom stereocenters. The molecule has 3 heterocycles. The van der Waals surface area contributed by atoms with Crippen LogP contribution in [-0.4, -0.2) is 26.0 Å². The predicted molar refractivity (Wildman–Crippen MR) is 127 cm³/mol. The Morgan fingerprint density at radius 1 is 0.806 bits per heavy atom. The van der Waals surface area contributed by atoms with E-state index in [1.165, 1.54) is 27.6 Å². The maximum absolute atomic E-state index is 12.8. The molecule has 1 aliphatic rings. The summed E-state index contributed by atoms with van der Waals surface area (Å²) in [6, 6.07) is 19.7. The second kappa shape index (κ2) is 8.58. The molecule has 5 rings (SSSR count). The van der Waals surface area contributed by atoms with Crippen LogP contribution in [0.15, 0.2) is 76.3 Å². The summed E-state index contributed by atoms with van der Waals surface area (Å²) in [6.45, 7) is 0.164. The third kappa shape index (κ3) is 4.23. The van der Waals surface area contributed by atoms with Crippen LogP contribution in [0.25, 0.3) is 27.2 Å². The van der Waals surface area contributed by atoms with Gasteiger partial charge in [-0.3, -0.25) is 14.5 Å². The maximum atomic E-state index is 12.8. The lowest BCUT2D eigenvalue weighted by Crippen LogP contribution is -2.27. The number of carbonyl (C=O) groups is 2. The molecule has 0 aliphatic carbocycles. The van der Waals surface area contributed by atoms with Crippen LogP contribution in [-0.2, 0) is 11.3 Å². The van der Waals surface area contributed by atoms with Crippen LogP contribution in [0.5, 0.6) is 0 Å². The molecule has 2 amide bonds. The minimum atomic E-state index is -0.307. The number of carbonyl (C=O) groups excluding carboxylic acids is 2. The van der Waals surface area contributed by atoms with E-state index in [0.717, 1.165) is 32.9 Å². The van der Waals surface area contributed by atoms with Gasteiger partial charge < -0.3 is 0 Å². The van der Waals surface area contributed by atoms with Gasteiger partial charge in [-0.25, -0.2) is 9.97 Å². The van der Waals surface area contributed by atoms with Crippen molar-refractivity contribution in [1.29, 1.82) is 0 Å². The van der Waals surface area contributed by atoms with Gasteiger partial charge in [0.2, 0.25) is 0 Å². The van der Waals surface area contributed by atoms with Gasteiger partial charge in [0.05, 0.1) is 22.8 Å². The van der Waals surface area contributed by atoms with E-state index in [4.69, 9.17) is 0 Å². The molecule has 0 spiro atoms. The Kier molecular flexibility index (Phi) is 5.50. The Hall–Kier alpha value is -3.07. The lowest BCUT2D eigenvalue weighted by atomic mass is 10.2. The van der Waals surface area contributed by atoms with Crippen molar-refractivity contribution in [1.82, 2.24) is 14.9 Å². The molecule has 1 saturated heterocycles. The van der Waals surface area contributed by atoms with E-state index in [2.05, 4.69) is 9.97 Å². The summed E-state index contributed by atoms with van der Waals surface area (Å²) in [5.74, 6) is -0.307. The van der Waals surface area contributed by atoms with Gasteiger partial charge in [0, 0.05) is 21.9 Å². The normalized spacial score (nSPS) is 15.2. The molecular weight excluding hydrogens is 446 g/mol. The summed E-state index contributed by atoms with van der Waals surface area (Å²) in [4.78, 5) is 36.1. The summed E-state index contributed by atoms with van der Waals surface area (Å²) in [5.41, 5.74) is 3.42. The fourth-order valence-corrected chi connectivity index (χ4v) is 5.51. The van der Waals surface area contributed by atoms with E-state index in [1.807, 2.05) is 71.4 Å². The molecule has 31 heavy (non-hydrogen) atoms. The van der Waals surface area contributed by atoms with Gasteiger partial charge in [0.15, 0.2) is 0 Å². The fourth-order valence-electron chi connectivity index (χ4n) is 3.09. The molecule has 2 aromatic carbocycles. The van der Waals surface area contributed by atoms with Gasteiger partial charge in [-0.2, -0.15) is 0 Å². The van der Waals surface area contributed by atoms with Gasteiger partial charge in [0.25, 0.3) is 11.1 Å². The van der Waals surface area contributed by atoms with Gasteiger partial charge in [-0.05, 0) is 17.8 Å². The Labute approximate surface area is 191 Å². The number of hydrogen-bond donors (Lipinski definition) is 0. The van der Waals surface area contributed by atoms with Crippen LogP contribution < -0.4 is 0 Å². The minimum Gasteiger partial charge on any atom is -0.268 e. The average molecular weight is 462 g/mol. The number of amides is 2. The van der Waals surface area contributed by atoms with E-state index >= 15 is 0 Å². The smallest absolute Gasteiger partial charge is 0.268 e. The largest absolute Gasteiger partial charge is 0.293 e. The number of thioether (sulfide) groups is 1. The molecule has 152 valence electrons. The highest BCUT2D eigenvalue weighted by Crippen LogP contribution is 2.35. The number of thiazole rings is 2. The summed E-state index contributed by atoms with van der Waals surface area (Å²) >= 11 is 3.95. The molecule has 5 nitrogen and oxygen atoms in total. The zero-order valence-corrected chi connectivity index (χ0v) is 18.5. The first-order valence-corrected chi connectivity index (χ1v) is 12.0. The van der Waals surface area contributed by atoms with Crippen molar-refractivity contribution in [2.45, 2.75) is 6.54 Å². The Bertz CT molecular complexity index is 1280. The fraction of sp³-hybridized carbons (Fsp3) is 0.0435. The summed E-state index contributed by atoms with van der Waals surface area (Å²) in [7, 11) is 0. The first kappa shape index (κ1) is 19.9. The van der Waals surface area contributed by atoms with Gasteiger partial charge in [-0.1, -0.05) is 60.7 Å². The average Bonchev–Trinajstić information content (AvgIpc) is 3.52. The van der Waals surface area contributed by atoms with E-state index in [1.54, 1.807) is 6.08 Å². The topological polar surface area (TPSA) is 63.2 Å². The highest BCUT2D eigenvalue weighted by molar-refractivity contribution is 8.18. The SMILES string of the molecule is O=C1S/C(=C\c2csc(-c3ccccc3)n2)C(=O)N1Cc1csc(-c2ccccc2)n1. The molecule has 1 fully saturated rings. The van der Waals surface area contributed by atoms with Crippen LogP contribution in [0.4, 0.5) is 4.79 Å². The third-order valence-corrected chi connectivity index (χ3v) is 7.35. The monoisotopic (exact) mass is 461 g/mol. The van der Waals surface area contributed by atoms with Gasteiger partial charge in [-0.15, -0.1) is 22.7 Å². The van der Waals surface area contributed by atoms with Crippen molar-refractivity contribution >= 4 is 51.7 Å². The third-order valence-electron chi connectivity index (χ3n) is 4.59. The zero-order valence-electron chi connectivity index (χ0n) is 16.1. The van der Waals surface area contributed by atoms with Crippen LogP contribution in [0.1, 0.15) is 11.4 Å². The van der Waals surface area contributed by atoms with E-state index in [-0.39, 0.29) is 17.7 Å². The van der Waals surface area contributed by atoms with E-state index < -0.39 is 0 Å². The molecule has 0 saturated carbocycles. The molecule has 4 aromatic rings. The lowest BCUT2D eigenvalue weighted by Gasteiger charge is -2.09. The van der Waals surface area contributed by atoms with E-state index in [0.29, 0.717) is 16.3 Å². The Morgan fingerprint density at radius 2 is 1.42 bits per heavy atom. The zero-order chi connectivity index (χ0) is 21.2. The minimum absolute atomic E-state index is 0.164. The quantitative estimate of drug-likeness (QED) is 0.333. The summed E-state index contributed by atoms with van der Waals surface area (Å²) in [6.07, 6.45) is 1.68. The predicted octanol–water partition coefficient (Wildman–Crippen LogP) is 6.17. The first-order valence-electron chi connectivity index (χ1n) is 9.43. The number of rotatable bonds is 5. The van der Waals surface area contributed by atoms with Crippen molar-refractivity contribution in [2.24, 2.45) is 0 Å². The summed E-state index contributed by atoms with van der Waals surface area (Å²) < 4.78 is 0. The van der Waals surface area contributed by atoms with Crippen LogP contribution in [0, 0.1) is 0 Å². The number of imide groups is 1. The van der Waals surface area contributed by atoms with Crippen LogP contribution in [0.3, 0.4) is 0 Å². The molecule has 2 aromatic heterocycles. The van der Waals surface area contributed by atoms with Crippen LogP contribution >= 0.6 is 34.4 Å². The van der Waals surface area contributed by atoms with E-state index in [9.17, 15) is 9.59 Å². The van der Waals surface area contributed by atoms with Crippen molar-refractivity contribution < 1.29 is 9.59 Å². The van der Waals surface area contributed by atoms with Crippen LogP contribution in [0.2, 0.25) is 0 Å². The Morgan fingerprint density at radius 3 is 2.10 bits per heavy atom. The molecule has 0 radical (unpaired) electrons. The molecule has 0 atom stereocenters. The second-order valence-electron chi connectivity index (χ2n) is 6.72. The standard InChI is InChI=1S/C23H15N3O2S3/c27-22-19(11-17-13-29-20(24-17)15-7-3-1-4-8-15)31-23(28)26(22)12-18-14-30-21(25-18)16-9-5-2-6-10-16/h1-11,13-14H,12H2/b19-11-. The van der Waals surface area contributed by atoms with Gasteiger partial charge in [0.1, 0.15) is 10.0 Å². The second-order valence-corrected chi connectivity index (χ2v) is 9.43. The number of hydrogen-bond acceptors (Lipinski definition) is 7. The van der Waals surface area contributed by atoms with Crippen molar-refractivity contribution in [2.75, 3.05) is 0 Å². The number of benzene rings is 2. The first-order chi connectivity index (χ1) is 15.2. The molecule has 0 bridgehead atoms. The number of aromatic nitrogens is 2. The molecular formula is C23H15N3O2S3. The Balaban J connectivity index is 1.32. The van der Waals surface area contributed by atoms with Crippen molar-refractivity contribution in [3.05, 3.63) is 87.7 Å².